The van der Waals surface area contributed by atoms with Gasteiger partial charge < -0.3 is 15.0 Å². The number of amides is 2. The first-order chi connectivity index (χ1) is 15.8. The van der Waals surface area contributed by atoms with Crippen LogP contribution in [-0.4, -0.2) is 63.9 Å². The first-order valence-corrected chi connectivity index (χ1v) is 12.6. The summed E-state index contributed by atoms with van der Waals surface area (Å²) in [5.41, 5.74) is 2.86. The third-order valence-electron chi connectivity index (χ3n) is 6.09. The first-order valence-electron chi connectivity index (χ1n) is 11.2. The molecule has 2 fully saturated rings. The summed E-state index contributed by atoms with van der Waals surface area (Å²) in [6, 6.07) is 14.5. The predicted octanol–water partition coefficient (Wildman–Crippen LogP) is 1.73. The molecule has 2 heterocycles. The minimum atomic E-state index is -3.51. The van der Waals surface area contributed by atoms with Gasteiger partial charge in [-0.1, -0.05) is 29.8 Å². The van der Waals surface area contributed by atoms with E-state index in [1.807, 2.05) is 31.2 Å². The third-order valence-corrected chi connectivity index (χ3v) is 8.00. The Bertz CT molecular complexity index is 1090. The van der Waals surface area contributed by atoms with Gasteiger partial charge in [-0.05, 0) is 43.2 Å². The van der Waals surface area contributed by atoms with E-state index in [0.29, 0.717) is 45.8 Å². The monoisotopic (exact) mass is 471 g/mol. The average molecular weight is 472 g/mol. The van der Waals surface area contributed by atoms with Crippen molar-refractivity contribution in [1.29, 1.82) is 0 Å². The van der Waals surface area contributed by atoms with Gasteiger partial charge in [0, 0.05) is 38.3 Å². The van der Waals surface area contributed by atoms with Crippen molar-refractivity contribution in [3.63, 3.8) is 0 Å². The molecule has 0 aromatic heterocycles. The predicted molar refractivity (Wildman–Crippen MR) is 124 cm³/mol. The highest BCUT2D eigenvalue weighted by atomic mass is 32.2. The molecular formula is C24H29N3O5S. The van der Waals surface area contributed by atoms with Crippen LogP contribution in [0.4, 0.5) is 5.69 Å². The number of carbonyl (C=O) groups excluding carboxylic acids is 2. The van der Waals surface area contributed by atoms with Crippen molar-refractivity contribution in [1.82, 2.24) is 9.62 Å². The molecule has 0 aliphatic carbocycles. The lowest BCUT2D eigenvalue weighted by atomic mass is 10.1. The Morgan fingerprint density at radius 3 is 2.39 bits per heavy atom. The van der Waals surface area contributed by atoms with Gasteiger partial charge in [-0.2, -0.15) is 4.31 Å². The second-order valence-corrected chi connectivity index (χ2v) is 10.4. The number of nitrogens with zero attached hydrogens (tertiary/aromatic N) is 2. The average Bonchev–Trinajstić information content (AvgIpc) is 3.22. The maximum Gasteiger partial charge on any atom is 0.243 e. The SMILES string of the molecule is Cc1ccc(N2CC(C(=O)NCCc3ccc(S(=O)(=O)N4CCOCC4)cc3)CC2=O)cc1. The Balaban J connectivity index is 1.27. The molecule has 0 bridgehead atoms. The first kappa shape index (κ1) is 23.4. The molecule has 0 saturated carbocycles. The van der Waals surface area contributed by atoms with Crippen LogP contribution in [0.5, 0.6) is 0 Å². The normalized spacial score (nSPS) is 19.6. The summed E-state index contributed by atoms with van der Waals surface area (Å²) in [7, 11) is -3.51. The van der Waals surface area contributed by atoms with E-state index in [-0.39, 0.29) is 29.0 Å². The molecule has 1 N–H and O–H groups in total. The van der Waals surface area contributed by atoms with Crippen LogP contribution in [-0.2, 0) is 30.8 Å². The largest absolute Gasteiger partial charge is 0.379 e. The fraction of sp³-hybridized carbons (Fsp3) is 0.417. The Hall–Kier alpha value is -2.75. The molecule has 2 aliphatic heterocycles. The Morgan fingerprint density at radius 2 is 1.73 bits per heavy atom. The molecule has 2 aromatic carbocycles. The zero-order chi connectivity index (χ0) is 23.4. The van der Waals surface area contributed by atoms with E-state index in [0.717, 1.165) is 16.8 Å². The van der Waals surface area contributed by atoms with Gasteiger partial charge in [-0.15, -0.1) is 0 Å². The third kappa shape index (κ3) is 5.43. The molecule has 33 heavy (non-hydrogen) atoms. The number of hydrogen-bond acceptors (Lipinski definition) is 5. The molecule has 2 aliphatic rings. The van der Waals surface area contributed by atoms with Crippen molar-refractivity contribution in [3.8, 4) is 0 Å². The summed E-state index contributed by atoms with van der Waals surface area (Å²) in [6.07, 6.45) is 0.778. The molecule has 2 aromatic rings. The molecule has 8 nitrogen and oxygen atoms in total. The molecule has 176 valence electrons. The van der Waals surface area contributed by atoms with Crippen molar-refractivity contribution in [2.45, 2.75) is 24.7 Å². The maximum atomic E-state index is 12.7. The molecule has 4 rings (SSSR count). The maximum absolute atomic E-state index is 12.7. The number of hydrogen-bond donors (Lipinski definition) is 1. The summed E-state index contributed by atoms with van der Waals surface area (Å²) in [6.45, 7) is 4.33. The molecule has 2 saturated heterocycles. The van der Waals surface area contributed by atoms with Crippen molar-refractivity contribution in [2.24, 2.45) is 5.92 Å². The molecule has 9 heteroatoms. The Kier molecular flexibility index (Phi) is 7.11. The van der Waals surface area contributed by atoms with Crippen molar-refractivity contribution in [3.05, 3.63) is 59.7 Å². The van der Waals surface area contributed by atoms with Crippen LogP contribution in [0.2, 0.25) is 0 Å². The number of nitrogens with one attached hydrogen (secondary N) is 1. The van der Waals surface area contributed by atoms with Crippen LogP contribution in [0, 0.1) is 12.8 Å². The summed E-state index contributed by atoms with van der Waals surface area (Å²) in [4.78, 5) is 26.9. The summed E-state index contributed by atoms with van der Waals surface area (Å²) >= 11 is 0. The highest BCUT2D eigenvalue weighted by Crippen LogP contribution is 2.25. The lowest BCUT2D eigenvalue weighted by molar-refractivity contribution is -0.126. The van der Waals surface area contributed by atoms with Crippen molar-refractivity contribution < 1.29 is 22.7 Å². The number of carbonyl (C=O) groups is 2. The van der Waals surface area contributed by atoms with Crippen LogP contribution >= 0.6 is 0 Å². The quantitative estimate of drug-likeness (QED) is 0.664. The summed E-state index contributed by atoms with van der Waals surface area (Å²) in [5.74, 6) is -0.555. The Labute approximate surface area is 194 Å². The molecule has 1 unspecified atom stereocenters. The zero-order valence-electron chi connectivity index (χ0n) is 18.7. The van der Waals surface area contributed by atoms with Gasteiger partial charge >= 0.3 is 0 Å². The number of rotatable bonds is 7. The minimum absolute atomic E-state index is 0.0453. The van der Waals surface area contributed by atoms with Crippen molar-refractivity contribution >= 4 is 27.5 Å². The van der Waals surface area contributed by atoms with Crippen molar-refractivity contribution in [2.75, 3.05) is 44.3 Å². The number of sulfonamides is 1. The number of ether oxygens (including phenoxy) is 1. The molecular weight excluding hydrogens is 442 g/mol. The minimum Gasteiger partial charge on any atom is -0.379 e. The van der Waals surface area contributed by atoms with Crippen LogP contribution in [0.25, 0.3) is 0 Å². The van der Waals surface area contributed by atoms with E-state index in [1.165, 1.54) is 4.31 Å². The van der Waals surface area contributed by atoms with Gasteiger partial charge in [-0.3, -0.25) is 9.59 Å². The van der Waals surface area contributed by atoms with Crippen LogP contribution in [0.1, 0.15) is 17.5 Å². The standard InChI is InChI=1S/C24H29N3O5S/c1-18-2-6-21(7-3-18)27-17-20(16-23(27)28)24(29)25-11-10-19-4-8-22(9-5-19)33(30,31)26-12-14-32-15-13-26/h2-9,20H,10-17H2,1H3,(H,25,29). The fourth-order valence-electron chi connectivity index (χ4n) is 4.10. The smallest absolute Gasteiger partial charge is 0.243 e. The van der Waals surface area contributed by atoms with Gasteiger partial charge in [0.2, 0.25) is 21.8 Å². The fourth-order valence-corrected chi connectivity index (χ4v) is 5.50. The summed E-state index contributed by atoms with van der Waals surface area (Å²) < 4.78 is 32.1. The van der Waals surface area contributed by atoms with Gasteiger partial charge in [0.15, 0.2) is 0 Å². The van der Waals surface area contributed by atoms with Gasteiger partial charge in [0.25, 0.3) is 0 Å². The van der Waals surface area contributed by atoms with Crippen LogP contribution in [0.3, 0.4) is 0 Å². The van der Waals surface area contributed by atoms with Gasteiger partial charge in [0.1, 0.15) is 0 Å². The van der Waals surface area contributed by atoms with Gasteiger partial charge in [-0.25, -0.2) is 8.42 Å². The summed E-state index contributed by atoms with van der Waals surface area (Å²) in [5, 5.41) is 2.91. The van der Waals surface area contributed by atoms with E-state index < -0.39 is 10.0 Å². The number of anilines is 1. The second-order valence-electron chi connectivity index (χ2n) is 8.44. The molecule has 0 radical (unpaired) electrons. The van der Waals surface area contributed by atoms with Crippen LogP contribution in [0.15, 0.2) is 53.4 Å². The topological polar surface area (TPSA) is 96.0 Å². The number of benzene rings is 2. The zero-order valence-corrected chi connectivity index (χ0v) is 19.5. The lowest BCUT2D eigenvalue weighted by Crippen LogP contribution is -2.40. The molecule has 0 spiro atoms. The van der Waals surface area contributed by atoms with Crippen LogP contribution < -0.4 is 10.2 Å². The number of aryl methyl sites for hydroxylation is 1. The highest BCUT2D eigenvalue weighted by Gasteiger charge is 2.35. The van der Waals surface area contributed by atoms with E-state index in [2.05, 4.69) is 5.32 Å². The Morgan fingerprint density at radius 1 is 1.06 bits per heavy atom. The van der Waals surface area contributed by atoms with E-state index in [9.17, 15) is 18.0 Å². The van der Waals surface area contributed by atoms with E-state index in [1.54, 1.807) is 29.2 Å². The lowest BCUT2D eigenvalue weighted by Gasteiger charge is -2.26. The number of morpholine rings is 1. The van der Waals surface area contributed by atoms with Gasteiger partial charge in [0.05, 0.1) is 24.0 Å². The van der Waals surface area contributed by atoms with E-state index in [4.69, 9.17) is 4.74 Å². The highest BCUT2D eigenvalue weighted by molar-refractivity contribution is 7.89. The second kappa shape index (κ2) is 10.0. The molecule has 2 amide bonds. The van der Waals surface area contributed by atoms with E-state index >= 15 is 0 Å². The molecule has 1 atom stereocenters.